The third-order valence-electron chi connectivity index (χ3n) is 3.72. The van der Waals surface area contributed by atoms with E-state index in [1.807, 2.05) is 0 Å². The molecule has 2 heterocycles. The van der Waals surface area contributed by atoms with Gasteiger partial charge in [-0.25, -0.2) is 9.18 Å². The van der Waals surface area contributed by atoms with E-state index in [1.165, 1.54) is 4.90 Å². The molecule has 2 aliphatic rings. The van der Waals surface area contributed by atoms with E-state index in [1.54, 1.807) is 6.92 Å². The van der Waals surface area contributed by atoms with Crippen LogP contribution in [0.3, 0.4) is 0 Å². The first-order valence-corrected chi connectivity index (χ1v) is 5.22. The Kier molecular flexibility index (Phi) is 2.20. The molecule has 15 heavy (non-hydrogen) atoms. The van der Waals surface area contributed by atoms with Crippen molar-refractivity contribution in [2.75, 3.05) is 6.54 Å². The summed E-state index contributed by atoms with van der Waals surface area (Å²) in [5.41, 5.74) is -1.26. The number of fused-ring (bicyclic) bond motifs is 1. The fourth-order valence-corrected chi connectivity index (χ4v) is 3.02. The predicted octanol–water partition coefficient (Wildman–Crippen LogP) is 0.810. The number of alkyl halides is 1. The summed E-state index contributed by atoms with van der Waals surface area (Å²) < 4.78 is 13.6. The lowest BCUT2D eigenvalue weighted by atomic mass is 9.81. The molecule has 0 aromatic heterocycles. The summed E-state index contributed by atoms with van der Waals surface area (Å²) in [6.45, 7) is 1.72. The van der Waals surface area contributed by atoms with Crippen LogP contribution in [0.1, 0.15) is 26.2 Å². The van der Waals surface area contributed by atoms with Gasteiger partial charge >= 0.3 is 5.97 Å². The molecule has 5 heteroatoms. The molecule has 3 unspecified atom stereocenters. The number of aliphatic carboxylic acids is 1. The second-order valence-electron chi connectivity index (χ2n) is 4.26. The van der Waals surface area contributed by atoms with Crippen molar-refractivity contribution in [3.05, 3.63) is 0 Å². The van der Waals surface area contributed by atoms with Gasteiger partial charge in [0.05, 0.1) is 6.54 Å². The Bertz CT molecular complexity index is 320. The summed E-state index contributed by atoms with van der Waals surface area (Å²) in [5.74, 6) is -1.84. The van der Waals surface area contributed by atoms with E-state index < -0.39 is 23.6 Å². The van der Waals surface area contributed by atoms with Crippen molar-refractivity contribution in [2.24, 2.45) is 5.92 Å². The zero-order chi connectivity index (χ0) is 11.2. The van der Waals surface area contributed by atoms with Gasteiger partial charge in [-0.3, -0.25) is 4.79 Å². The summed E-state index contributed by atoms with van der Waals surface area (Å²) in [6, 6.07) is 0. The monoisotopic (exact) mass is 215 g/mol. The molecule has 0 radical (unpaired) electrons. The maximum absolute atomic E-state index is 13.6. The molecule has 1 N–H and O–H groups in total. The molecule has 0 saturated carbocycles. The highest BCUT2D eigenvalue weighted by Gasteiger charge is 2.63. The van der Waals surface area contributed by atoms with Crippen LogP contribution in [0.25, 0.3) is 0 Å². The third kappa shape index (κ3) is 1.12. The maximum atomic E-state index is 13.6. The molecular formula is C10H14FNO3. The number of carboxylic acids is 1. The van der Waals surface area contributed by atoms with E-state index in [2.05, 4.69) is 0 Å². The van der Waals surface area contributed by atoms with Gasteiger partial charge in [0, 0.05) is 12.3 Å². The van der Waals surface area contributed by atoms with Gasteiger partial charge in [-0.2, -0.15) is 0 Å². The number of rotatable bonds is 2. The minimum Gasteiger partial charge on any atom is -0.479 e. The van der Waals surface area contributed by atoms with E-state index in [9.17, 15) is 19.1 Å². The first-order valence-electron chi connectivity index (χ1n) is 5.22. The molecule has 2 fully saturated rings. The van der Waals surface area contributed by atoms with Crippen LogP contribution in [0, 0.1) is 5.92 Å². The van der Waals surface area contributed by atoms with Crippen LogP contribution in [0.15, 0.2) is 0 Å². The number of carbonyl (C=O) groups excluding carboxylic acids is 1. The first-order chi connectivity index (χ1) is 7.04. The molecule has 2 aliphatic heterocycles. The largest absolute Gasteiger partial charge is 0.479 e. The van der Waals surface area contributed by atoms with Gasteiger partial charge in [0.1, 0.15) is 11.7 Å². The van der Waals surface area contributed by atoms with E-state index >= 15 is 0 Å². The second-order valence-corrected chi connectivity index (χ2v) is 4.26. The normalized spacial score (nSPS) is 39.6. The van der Waals surface area contributed by atoms with E-state index in [0.29, 0.717) is 6.42 Å². The Morgan fingerprint density at radius 3 is 2.93 bits per heavy atom. The van der Waals surface area contributed by atoms with Crippen LogP contribution >= 0.6 is 0 Å². The maximum Gasteiger partial charge on any atom is 0.330 e. The first kappa shape index (κ1) is 10.4. The Morgan fingerprint density at radius 1 is 1.73 bits per heavy atom. The molecular weight excluding hydrogens is 201 g/mol. The highest BCUT2D eigenvalue weighted by atomic mass is 19.1. The Morgan fingerprint density at radius 2 is 2.40 bits per heavy atom. The topological polar surface area (TPSA) is 57.6 Å². The number of carbonyl (C=O) groups is 2. The number of amides is 1. The van der Waals surface area contributed by atoms with Crippen LogP contribution < -0.4 is 0 Å². The molecule has 1 amide bonds. The molecule has 4 nitrogen and oxygen atoms in total. The Hall–Kier alpha value is -1.13. The van der Waals surface area contributed by atoms with Crippen molar-refractivity contribution in [2.45, 2.75) is 37.9 Å². The Labute approximate surface area is 87.1 Å². The average Bonchev–Trinajstić information content (AvgIpc) is 2.63. The minimum absolute atomic E-state index is 0.0519. The second kappa shape index (κ2) is 3.18. The third-order valence-corrected chi connectivity index (χ3v) is 3.72. The highest BCUT2D eigenvalue weighted by molar-refractivity contribution is 5.92. The zero-order valence-electron chi connectivity index (χ0n) is 8.57. The van der Waals surface area contributed by atoms with Gasteiger partial charge in [-0.1, -0.05) is 6.92 Å². The molecule has 0 spiro atoms. The molecule has 2 saturated heterocycles. The van der Waals surface area contributed by atoms with E-state index in [0.717, 1.165) is 0 Å². The summed E-state index contributed by atoms with van der Waals surface area (Å²) in [5, 5.41) is 9.25. The van der Waals surface area contributed by atoms with Crippen LogP contribution in [0.5, 0.6) is 0 Å². The van der Waals surface area contributed by atoms with Crippen LogP contribution in [-0.2, 0) is 9.59 Å². The minimum atomic E-state index is -1.26. The number of hydrogen-bond donors (Lipinski definition) is 1. The zero-order valence-corrected chi connectivity index (χ0v) is 8.57. The van der Waals surface area contributed by atoms with Crippen LogP contribution in [-0.4, -0.2) is 40.1 Å². The number of nitrogens with zero attached hydrogens (tertiary/aromatic N) is 1. The summed E-state index contributed by atoms with van der Waals surface area (Å²) in [4.78, 5) is 24.0. The lowest BCUT2D eigenvalue weighted by Crippen LogP contribution is -2.51. The van der Waals surface area contributed by atoms with Gasteiger partial charge in [-0.05, 0) is 12.8 Å². The van der Waals surface area contributed by atoms with Gasteiger partial charge in [0.25, 0.3) is 0 Å². The predicted molar refractivity (Wildman–Crippen MR) is 50.0 cm³/mol. The average molecular weight is 215 g/mol. The smallest absolute Gasteiger partial charge is 0.330 e. The lowest BCUT2D eigenvalue weighted by molar-refractivity contribution is -0.154. The number of carboxylic acid groups (broad SMARTS) is 1. The Balaban J connectivity index is 2.43. The lowest BCUT2D eigenvalue weighted by Gasteiger charge is -2.31. The summed E-state index contributed by atoms with van der Waals surface area (Å²) >= 11 is 0. The van der Waals surface area contributed by atoms with Crippen molar-refractivity contribution < 1.29 is 19.1 Å². The van der Waals surface area contributed by atoms with Crippen molar-refractivity contribution in [1.82, 2.24) is 4.90 Å². The van der Waals surface area contributed by atoms with Gasteiger partial charge in [0.2, 0.25) is 5.91 Å². The van der Waals surface area contributed by atoms with E-state index in [4.69, 9.17) is 0 Å². The van der Waals surface area contributed by atoms with Gasteiger partial charge in [0.15, 0.2) is 0 Å². The molecule has 0 aromatic rings. The molecule has 0 aliphatic carbocycles. The number of hydrogen-bond acceptors (Lipinski definition) is 2. The fraction of sp³-hybridized carbons (Fsp3) is 0.800. The van der Waals surface area contributed by atoms with Crippen molar-refractivity contribution in [3.63, 3.8) is 0 Å². The fourth-order valence-electron chi connectivity index (χ4n) is 3.02. The van der Waals surface area contributed by atoms with E-state index in [-0.39, 0.29) is 25.3 Å². The van der Waals surface area contributed by atoms with Crippen molar-refractivity contribution in [3.8, 4) is 0 Å². The SMILES string of the molecule is CCC1C(F)CN2C(=O)CCC12C(=O)O. The molecule has 3 atom stereocenters. The van der Waals surface area contributed by atoms with Crippen molar-refractivity contribution >= 4 is 11.9 Å². The number of halogens is 1. The quantitative estimate of drug-likeness (QED) is 0.741. The van der Waals surface area contributed by atoms with Crippen LogP contribution in [0.4, 0.5) is 4.39 Å². The van der Waals surface area contributed by atoms with Gasteiger partial charge < -0.3 is 10.0 Å². The molecule has 0 bridgehead atoms. The highest BCUT2D eigenvalue weighted by Crippen LogP contribution is 2.46. The molecule has 0 aromatic carbocycles. The van der Waals surface area contributed by atoms with Gasteiger partial charge in [-0.15, -0.1) is 0 Å². The van der Waals surface area contributed by atoms with Crippen molar-refractivity contribution in [1.29, 1.82) is 0 Å². The molecule has 2 rings (SSSR count). The summed E-state index contributed by atoms with van der Waals surface area (Å²) in [6.07, 6.45) is -0.261. The standard InChI is InChI=1S/C10H14FNO3/c1-2-6-7(11)5-12-8(13)3-4-10(6,12)9(14)15/h6-7H,2-5H2,1H3,(H,14,15). The van der Waals surface area contributed by atoms with Crippen LogP contribution in [0.2, 0.25) is 0 Å². The summed E-state index contributed by atoms with van der Waals surface area (Å²) in [7, 11) is 0. The molecule has 84 valence electrons.